The van der Waals surface area contributed by atoms with Gasteiger partial charge in [-0.3, -0.25) is 0 Å². The molecule has 0 aliphatic heterocycles. The molecule has 0 heterocycles. The van der Waals surface area contributed by atoms with E-state index in [9.17, 15) is 0 Å². The molecule has 0 aromatic rings. The number of rotatable bonds is 4. The Hall–Kier alpha value is 0. The first-order chi connectivity index (χ1) is 6.26. The fraction of sp³-hybridized carbons (Fsp3) is 1.00. The molecule has 0 saturated heterocycles. The minimum atomic E-state index is 1.00. The third-order valence-corrected chi connectivity index (χ3v) is 3.53. The van der Waals surface area contributed by atoms with Gasteiger partial charge in [0.2, 0.25) is 0 Å². The van der Waals surface area contributed by atoms with E-state index in [1.807, 2.05) is 0 Å². The lowest BCUT2D eigenvalue weighted by Gasteiger charge is -2.33. The average Bonchev–Trinajstić information content (AvgIpc) is 2.04. The van der Waals surface area contributed by atoms with E-state index in [1.165, 1.54) is 44.9 Å². The van der Waals surface area contributed by atoms with E-state index in [0.717, 1.165) is 17.8 Å². The molecule has 13 heavy (non-hydrogen) atoms. The summed E-state index contributed by atoms with van der Waals surface area (Å²) < 4.78 is 0. The summed E-state index contributed by atoms with van der Waals surface area (Å²) in [5, 5.41) is 0. The molecule has 1 saturated carbocycles. The molecule has 0 heteroatoms. The van der Waals surface area contributed by atoms with Crippen molar-refractivity contribution in [2.75, 3.05) is 0 Å². The Labute approximate surface area is 84.1 Å². The summed E-state index contributed by atoms with van der Waals surface area (Å²) in [6.45, 7) is 7.10. The lowest BCUT2D eigenvalue weighted by molar-refractivity contribution is 0.188. The van der Waals surface area contributed by atoms with E-state index < -0.39 is 0 Å². The van der Waals surface area contributed by atoms with Crippen LogP contribution in [0.15, 0.2) is 0 Å². The van der Waals surface area contributed by atoms with Crippen LogP contribution >= 0.6 is 0 Å². The van der Waals surface area contributed by atoms with E-state index in [-0.39, 0.29) is 0 Å². The summed E-state index contributed by atoms with van der Waals surface area (Å²) in [7, 11) is 0. The Morgan fingerprint density at radius 2 is 1.31 bits per heavy atom. The van der Waals surface area contributed by atoms with Crippen molar-refractivity contribution in [1.82, 2.24) is 0 Å². The molecular formula is C13H26. The molecule has 1 rings (SSSR count). The molecule has 1 aliphatic carbocycles. The Morgan fingerprint density at radius 1 is 0.846 bits per heavy atom. The summed E-state index contributed by atoms with van der Waals surface area (Å²) in [4.78, 5) is 0. The van der Waals surface area contributed by atoms with E-state index in [0.29, 0.717) is 0 Å². The molecule has 0 nitrogen and oxygen atoms in total. The van der Waals surface area contributed by atoms with Gasteiger partial charge in [0.05, 0.1) is 0 Å². The fourth-order valence-electron chi connectivity index (χ4n) is 3.19. The smallest absolute Gasteiger partial charge is 0.0409 e. The number of hydrogen-bond acceptors (Lipinski definition) is 0. The van der Waals surface area contributed by atoms with Gasteiger partial charge in [0.25, 0.3) is 0 Å². The van der Waals surface area contributed by atoms with Gasteiger partial charge in [-0.1, -0.05) is 46.5 Å². The van der Waals surface area contributed by atoms with Gasteiger partial charge in [-0.25, -0.2) is 0 Å². The Kier molecular flexibility index (Phi) is 4.83. The maximum Gasteiger partial charge on any atom is -0.0409 e. The lowest BCUT2D eigenvalue weighted by atomic mass is 9.73. The maximum atomic E-state index is 2.45. The van der Waals surface area contributed by atoms with Crippen molar-refractivity contribution in [1.29, 1.82) is 0 Å². The summed E-state index contributed by atoms with van der Waals surface area (Å²) in [6.07, 6.45) is 10.3. The molecule has 0 aromatic carbocycles. The van der Waals surface area contributed by atoms with E-state index in [4.69, 9.17) is 0 Å². The highest BCUT2D eigenvalue weighted by Crippen LogP contribution is 2.37. The fourth-order valence-corrected chi connectivity index (χ4v) is 3.19. The first-order valence-corrected chi connectivity index (χ1v) is 6.26. The highest BCUT2D eigenvalue weighted by atomic mass is 14.3. The third-order valence-electron chi connectivity index (χ3n) is 3.53. The van der Waals surface area contributed by atoms with Crippen molar-refractivity contribution in [3.63, 3.8) is 0 Å². The summed E-state index contributed by atoms with van der Waals surface area (Å²) >= 11 is 0. The van der Waals surface area contributed by atoms with Gasteiger partial charge in [0, 0.05) is 0 Å². The van der Waals surface area contributed by atoms with E-state index >= 15 is 0 Å². The van der Waals surface area contributed by atoms with Gasteiger partial charge < -0.3 is 0 Å². The highest BCUT2D eigenvalue weighted by Gasteiger charge is 2.24. The van der Waals surface area contributed by atoms with Crippen LogP contribution < -0.4 is 0 Å². The molecule has 2 atom stereocenters. The second kappa shape index (κ2) is 5.67. The number of hydrogen-bond donors (Lipinski definition) is 0. The van der Waals surface area contributed by atoms with Crippen LogP contribution in [0.5, 0.6) is 0 Å². The lowest BCUT2D eigenvalue weighted by Crippen LogP contribution is -2.21. The van der Waals surface area contributed by atoms with Crippen LogP contribution in [0.1, 0.15) is 65.7 Å². The standard InChI is InChI=1S/C13H26/c1-4-6-12-8-11(3)9-13(10-12)7-5-2/h11-13H,4-10H2,1-3H3. The third kappa shape index (κ3) is 3.70. The van der Waals surface area contributed by atoms with Crippen LogP contribution in [0.4, 0.5) is 0 Å². The normalized spacial score (nSPS) is 34.8. The topological polar surface area (TPSA) is 0 Å². The second-order valence-electron chi connectivity index (χ2n) is 5.12. The van der Waals surface area contributed by atoms with Crippen LogP contribution in [0.3, 0.4) is 0 Å². The largest absolute Gasteiger partial charge is 0.0654 e. The Morgan fingerprint density at radius 3 is 1.69 bits per heavy atom. The first-order valence-electron chi connectivity index (χ1n) is 6.26. The minimum absolute atomic E-state index is 1.00. The molecule has 0 amide bonds. The Balaban J connectivity index is 2.33. The summed E-state index contributed by atoms with van der Waals surface area (Å²) in [5.41, 5.74) is 0. The van der Waals surface area contributed by atoms with Gasteiger partial charge in [-0.15, -0.1) is 0 Å². The minimum Gasteiger partial charge on any atom is -0.0654 e. The molecule has 0 N–H and O–H groups in total. The van der Waals surface area contributed by atoms with Crippen molar-refractivity contribution in [2.45, 2.75) is 65.7 Å². The monoisotopic (exact) mass is 182 g/mol. The van der Waals surface area contributed by atoms with E-state index in [1.54, 1.807) is 0 Å². The molecule has 0 bridgehead atoms. The first kappa shape index (κ1) is 11.1. The quantitative estimate of drug-likeness (QED) is 0.594. The molecule has 0 aromatic heterocycles. The molecule has 78 valence electrons. The van der Waals surface area contributed by atoms with Crippen molar-refractivity contribution < 1.29 is 0 Å². The zero-order chi connectivity index (χ0) is 9.68. The Bertz CT molecular complexity index is 114. The van der Waals surface area contributed by atoms with Gasteiger partial charge in [-0.05, 0) is 37.0 Å². The van der Waals surface area contributed by atoms with Crippen LogP contribution in [0.25, 0.3) is 0 Å². The highest BCUT2D eigenvalue weighted by molar-refractivity contribution is 4.76. The van der Waals surface area contributed by atoms with Crippen molar-refractivity contribution in [3.05, 3.63) is 0 Å². The summed E-state index contributed by atoms with van der Waals surface area (Å²) in [6, 6.07) is 0. The molecular weight excluding hydrogens is 156 g/mol. The van der Waals surface area contributed by atoms with Crippen LogP contribution in [0.2, 0.25) is 0 Å². The summed E-state index contributed by atoms with van der Waals surface area (Å²) in [5.74, 6) is 3.12. The van der Waals surface area contributed by atoms with Gasteiger partial charge in [0.15, 0.2) is 0 Å². The predicted octanol–water partition coefficient (Wildman–Crippen LogP) is 4.64. The van der Waals surface area contributed by atoms with Gasteiger partial charge >= 0.3 is 0 Å². The second-order valence-corrected chi connectivity index (χ2v) is 5.12. The molecule has 2 unspecified atom stereocenters. The zero-order valence-corrected chi connectivity index (χ0v) is 9.68. The molecule has 1 aliphatic rings. The SMILES string of the molecule is CCCC1CC(C)CC(CCC)C1. The average molecular weight is 182 g/mol. The maximum absolute atomic E-state index is 2.45. The van der Waals surface area contributed by atoms with Crippen molar-refractivity contribution in [3.8, 4) is 0 Å². The van der Waals surface area contributed by atoms with Gasteiger partial charge in [-0.2, -0.15) is 0 Å². The molecule has 0 spiro atoms. The van der Waals surface area contributed by atoms with Crippen molar-refractivity contribution in [2.24, 2.45) is 17.8 Å². The molecule has 0 radical (unpaired) electrons. The van der Waals surface area contributed by atoms with Crippen molar-refractivity contribution >= 4 is 0 Å². The van der Waals surface area contributed by atoms with E-state index in [2.05, 4.69) is 20.8 Å². The molecule has 1 fully saturated rings. The predicted molar refractivity (Wildman–Crippen MR) is 59.8 cm³/mol. The van der Waals surface area contributed by atoms with Crippen LogP contribution in [-0.4, -0.2) is 0 Å². The zero-order valence-electron chi connectivity index (χ0n) is 9.68. The van der Waals surface area contributed by atoms with Crippen LogP contribution in [0, 0.1) is 17.8 Å². The van der Waals surface area contributed by atoms with Crippen LogP contribution in [-0.2, 0) is 0 Å². The van der Waals surface area contributed by atoms with Gasteiger partial charge in [0.1, 0.15) is 0 Å².